The quantitative estimate of drug-likeness (QED) is 0.197. The fourth-order valence-corrected chi connectivity index (χ4v) is 3.27. The molecule has 0 heterocycles. The first-order valence-corrected chi connectivity index (χ1v) is 9.97. The second kappa shape index (κ2) is 10.4. The highest BCUT2D eigenvalue weighted by Gasteiger charge is 2.17. The molecule has 0 radical (unpaired) electrons. The van der Waals surface area contributed by atoms with Gasteiger partial charge in [0.25, 0.3) is 11.6 Å². The molecule has 0 fully saturated rings. The van der Waals surface area contributed by atoms with Gasteiger partial charge < -0.3 is 10.1 Å². The number of benzene rings is 3. The molecule has 0 atom stereocenters. The van der Waals surface area contributed by atoms with Crippen LogP contribution in [0.4, 0.5) is 11.4 Å². The number of nitro benzene ring substituents is 1. The van der Waals surface area contributed by atoms with Gasteiger partial charge >= 0.3 is 0 Å². The van der Waals surface area contributed by atoms with Crippen molar-refractivity contribution < 1.29 is 14.5 Å². The minimum Gasteiger partial charge on any atom is -0.489 e. The summed E-state index contributed by atoms with van der Waals surface area (Å²) in [4.78, 5) is 23.0. The molecule has 7 nitrogen and oxygen atoms in total. The van der Waals surface area contributed by atoms with Crippen LogP contribution in [-0.4, -0.2) is 10.8 Å². The molecule has 0 saturated carbocycles. The van der Waals surface area contributed by atoms with Crippen molar-refractivity contribution in [3.05, 3.63) is 104 Å². The lowest BCUT2D eigenvalue weighted by molar-refractivity contribution is -0.383. The van der Waals surface area contributed by atoms with Crippen molar-refractivity contribution in [2.24, 2.45) is 0 Å². The van der Waals surface area contributed by atoms with E-state index < -0.39 is 10.8 Å². The molecule has 160 valence electrons. The Morgan fingerprint density at radius 2 is 1.78 bits per heavy atom. The van der Waals surface area contributed by atoms with Gasteiger partial charge in [0.05, 0.1) is 4.92 Å². The lowest BCUT2D eigenvalue weighted by Crippen LogP contribution is -2.14. The summed E-state index contributed by atoms with van der Waals surface area (Å²) in [6.07, 6.45) is 1.36. The molecule has 3 aromatic rings. The van der Waals surface area contributed by atoms with E-state index in [0.717, 1.165) is 0 Å². The maximum Gasteiger partial charge on any atom is 0.292 e. The van der Waals surface area contributed by atoms with Crippen LogP contribution in [0.1, 0.15) is 11.1 Å². The Bertz CT molecular complexity index is 1230. The van der Waals surface area contributed by atoms with Gasteiger partial charge in [-0.1, -0.05) is 53.5 Å². The van der Waals surface area contributed by atoms with Gasteiger partial charge in [0.2, 0.25) is 0 Å². The number of ether oxygens (including phenoxy) is 1. The largest absolute Gasteiger partial charge is 0.489 e. The Labute approximate surface area is 193 Å². The fraction of sp³-hybridized carbons (Fsp3) is 0.0435. The molecular formula is C23H15Cl2N3O4. The number of nitrogens with one attached hydrogen (secondary N) is 1. The van der Waals surface area contributed by atoms with E-state index in [1.54, 1.807) is 48.5 Å². The highest BCUT2D eigenvalue weighted by atomic mass is 35.5. The van der Waals surface area contributed by atoms with Crippen molar-refractivity contribution in [3.8, 4) is 11.8 Å². The monoisotopic (exact) mass is 467 g/mol. The third kappa shape index (κ3) is 5.64. The minimum atomic E-state index is -0.768. The molecule has 9 heteroatoms. The van der Waals surface area contributed by atoms with Gasteiger partial charge in [0.1, 0.15) is 29.7 Å². The maximum atomic E-state index is 12.5. The van der Waals surface area contributed by atoms with E-state index in [0.29, 0.717) is 26.9 Å². The maximum absolute atomic E-state index is 12.5. The Kier molecular flexibility index (Phi) is 7.45. The van der Waals surface area contributed by atoms with E-state index in [4.69, 9.17) is 27.9 Å². The second-order valence-corrected chi connectivity index (χ2v) is 7.27. The molecule has 0 saturated heterocycles. The Hall–Kier alpha value is -3.86. The van der Waals surface area contributed by atoms with Crippen LogP contribution >= 0.6 is 23.2 Å². The van der Waals surface area contributed by atoms with Crippen LogP contribution in [0.5, 0.6) is 5.75 Å². The number of carbonyl (C=O) groups is 1. The van der Waals surface area contributed by atoms with Crippen LogP contribution in [0.3, 0.4) is 0 Å². The van der Waals surface area contributed by atoms with Crippen LogP contribution in [-0.2, 0) is 11.4 Å². The average molecular weight is 468 g/mol. The number of halogens is 2. The smallest absolute Gasteiger partial charge is 0.292 e. The van der Waals surface area contributed by atoms with Crippen LogP contribution in [0, 0.1) is 21.4 Å². The summed E-state index contributed by atoms with van der Waals surface area (Å²) in [6.45, 7) is 0.134. The van der Waals surface area contributed by atoms with Gasteiger partial charge in [-0.25, -0.2) is 0 Å². The van der Waals surface area contributed by atoms with Crippen molar-refractivity contribution in [2.45, 2.75) is 6.61 Å². The summed E-state index contributed by atoms with van der Waals surface area (Å²) in [7, 11) is 0. The van der Waals surface area contributed by atoms with Gasteiger partial charge in [0.15, 0.2) is 0 Å². The lowest BCUT2D eigenvalue weighted by atomic mass is 10.1. The van der Waals surface area contributed by atoms with E-state index in [-0.39, 0.29) is 23.6 Å². The molecule has 0 unspecified atom stereocenters. The van der Waals surface area contributed by atoms with Crippen molar-refractivity contribution in [3.63, 3.8) is 0 Å². The molecule has 0 aliphatic heterocycles. The number of rotatable bonds is 7. The number of nitrogens with zero attached hydrogens (tertiary/aromatic N) is 2. The lowest BCUT2D eigenvalue weighted by Gasteiger charge is -2.10. The first-order chi connectivity index (χ1) is 15.4. The number of anilines is 1. The highest BCUT2D eigenvalue weighted by Crippen LogP contribution is 2.27. The molecule has 0 aromatic heterocycles. The van der Waals surface area contributed by atoms with Gasteiger partial charge in [-0.05, 0) is 42.0 Å². The molecule has 32 heavy (non-hydrogen) atoms. The number of hydrogen-bond acceptors (Lipinski definition) is 5. The summed E-state index contributed by atoms with van der Waals surface area (Å²) < 4.78 is 5.75. The molecule has 0 bridgehead atoms. The number of nitro groups is 1. The van der Waals surface area contributed by atoms with E-state index in [1.807, 2.05) is 6.07 Å². The predicted octanol–water partition coefficient (Wildman–Crippen LogP) is 6.03. The average Bonchev–Trinajstić information content (AvgIpc) is 2.77. The summed E-state index contributed by atoms with van der Waals surface area (Å²) in [5.41, 5.74) is 0.666. The van der Waals surface area contributed by atoms with Crippen molar-refractivity contribution in [1.82, 2.24) is 0 Å². The van der Waals surface area contributed by atoms with Crippen molar-refractivity contribution >= 4 is 46.6 Å². The van der Waals surface area contributed by atoms with E-state index in [9.17, 15) is 20.2 Å². The zero-order chi connectivity index (χ0) is 23.1. The predicted molar refractivity (Wildman–Crippen MR) is 123 cm³/mol. The van der Waals surface area contributed by atoms with E-state index in [1.165, 1.54) is 24.3 Å². The number of para-hydroxylation sites is 2. The van der Waals surface area contributed by atoms with Crippen LogP contribution in [0.2, 0.25) is 10.0 Å². The SMILES string of the molecule is N#CC(=Cc1cccc(OCc2c(Cl)cccc2Cl)c1)C(=O)Nc1ccccc1[N+](=O)[O-]. The number of hydrogen-bond donors (Lipinski definition) is 1. The standard InChI is InChI=1S/C23H15Cl2N3O4/c24-19-7-4-8-20(25)18(19)14-32-17-6-3-5-15(12-17)11-16(13-26)23(29)27-21-9-1-2-10-22(21)28(30)31/h1-12H,14H2,(H,27,29). The third-order valence-corrected chi connectivity index (χ3v) is 5.04. The zero-order valence-electron chi connectivity index (χ0n) is 16.4. The second-order valence-electron chi connectivity index (χ2n) is 6.46. The van der Waals surface area contributed by atoms with Crippen molar-refractivity contribution in [2.75, 3.05) is 5.32 Å². The summed E-state index contributed by atoms with van der Waals surface area (Å²) in [5, 5.41) is 23.9. The fourth-order valence-electron chi connectivity index (χ4n) is 2.76. The van der Waals surface area contributed by atoms with Gasteiger partial charge in [0, 0.05) is 21.7 Å². The van der Waals surface area contributed by atoms with E-state index >= 15 is 0 Å². The molecule has 3 aromatic carbocycles. The minimum absolute atomic E-state index is 0.00245. The first kappa shape index (κ1) is 22.8. The normalized spacial score (nSPS) is 10.8. The molecular weight excluding hydrogens is 453 g/mol. The van der Waals surface area contributed by atoms with Crippen LogP contribution in [0.15, 0.2) is 72.3 Å². The molecule has 1 N–H and O–H groups in total. The number of nitriles is 1. The molecule has 3 rings (SSSR count). The number of carbonyl (C=O) groups excluding carboxylic acids is 1. The van der Waals surface area contributed by atoms with Crippen molar-refractivity contribution in [1.29, 1.82) is 5.26 Å². The zero-order valence-corrected chi connectivity index (χ0v) is 17.9. The molecule has 1 amide bonds. The Morgan fingerprint density at radius 3 is 2.47 bits per heavy atom. The Morgan fingerprint density at radius 1 is 1.09 bits per heavy atom. The van der Waals surface area contributed by atoms with Crippen LogP contribution < -0.4 is 10.1 Å². The number of amides is 1. The van der Waals surface area contributed by atoms with Gasteiger partial charge in [-0.2, -0.15) is 5.26 Å². The third-order valence-electron chi connectivity index (χ3n) is 4.33. The summed E-state index contributed by atoms with van der Waals surface area (Å²) in [6, 6.07) is 19.4. The summed E-state index contributed by atoms with van der Waals surface area (Å²) >= 11 is 12.3. The molecule has 0 spiro atoms. The molecule has 0 aliphatic carbocycles. The van der Waals surface area contributed by atoms with Crippen LogP contribution in [0.25, 0.3) is 6.08 Å². The highest BCUT2D eigenvalue weighted by molar-refractivity contribution is 6.35. The Balaban J connectivity index is 1.77. The van der Waals surface area contributed by atoms with Gasteiger partial charge in [-0.3, -0.25) is 14.9 Å². The molecule has 0 aliphatic rings. The topological polar surface area (TPSA) is 105 Å². The van der Waals surface area contributed by atoms with Gasteiger partial charge in [-0.15, -0.1) is 0 Å². The summed E-state index contributed by atoms with van der Waals surface area (Å²) in [5.74, 6) is -0.290. The first-order valence-electron chi connectivity index (χ1n) is 9.21. The van der Waals surface area contributed by atoms with E-state index in [2.05, 4.69) is 5.32 Å².